The molecule has 1 saturated heterocycles. The SMILES string of the molecule is CC1CC1CN(C)CCC1OCCCO1. The van der Waals surface area contributed by atoms with Gasteiger partial charge < -0.3 is 14.4 Å². The highest BCUT2D eigenvalue weighted by atomic mass is 16.7. The molecule has 1 saturated carbocycles. The molecule has 3 nitrogen and oxygen atoms in total. The predicted octanol–water partition coefficient (Wildman–Crippen LogP) is 1.73. The summed E-state index contributed by atoms with van der Waals surface area (Å²) in [5.74, 6) is 1.90. The quantitative estimate of drug-likeness (QED) is 0.694. The van der Waals surface area contributed by atoms with Crippen LogP contribution in [0.5, 0.6) is 0 Å². The summed E-state index contributed by atoms with van der Waals surface area (Å²) in [5, 5.41) is 0. The molecule has 2 fully saturated rings. The topological polar surface area (TPSA) is 21.7 Å². The van der Waals surface area contributed by atoms with E-state index in [1.165, 1.54) is 13.0 Å². The van der Waals surface area contributed by atoms with Crippen molar-refractivity contribution in [1.29, 1.82) is 0 Å². The van der Waals surface area contributed by atoms with Gasteiger partial charge in [-0.15, -0.1) is 0 Å². The van der Waals surface area contributed by atoms with E-state index in [4.69, 9.17) is 9.47 Å². The lowest BCUT2D eigenvalue weighted by molar-refractivity contribution is -0.182. The largest absolute Gasteiger partial charge is 0.353 e. The third-order valence-corrected chi connectivity index (χ3v) is 3.47. The minimum absolute atomic E-state index is 0.0535. The van der Waals surface area contributed by atoms with Crippen LogP contribution in [0.4, 0.5) is 0 Å². The summed E-state index contributed by atoms with van der Waals surface area (Å²) in [6.45, 7) is 6.41. The van der Waals surface area contributed by atoms with Gasteiger partial charge >= 0.3 is 0 Å². The van der Waals surface area contributed by atoms with E-state index in [1.807, 2.05) is 0 Å². The van der Waals surface area contributed by atoms with Crippen LogP contribution in [0.15, 0.2) is 0 Å². The second kappa shape index (κ2) is 5.28. The van der Waals surface area contributed by atoms with E-state index in [2.05, 4.69) is 18.9 Å². The van der Waals surface area contributed by atoms with Crippen LogP contribution in [0.25, 0.3) is 0 Å². The van der Waals surface area contributed by atoms with Crippen molar-refractivity contribution in [3.8, 4) is 0 Å². The zero-order valence-electron chi connectivity index (χ0n) is 9.95. The lowest BCUT2D eigenvalue weighted by atomic mass is 10.3. The molecule has 0 radical (unpaired) electrons. The zero-order valence-corrected chi connectivity index (χ0v) is 9.95. The van der Waals surface area contributed by atoms with Crippen LogP contribution in [-0.4, -0.2) is 44.5 Å². The monoisotopic (exact) mass is 213 g/mol. The number of rotatable bonds is 5. The van der Waals surface area contributed by atoms with Gasteiger partial charge in [0.1, 0.15) is 0 Å². The van der Waals surface area contributed by atoms with Gasteiger partial charge in [0.05, 0.1) is 13.2 Å². The van der Waals surface area contributed by atoms with Crippen LogP contribution in [0, 0.1) is 11.8 Å². The Labute approximate surface area is 92.7 Å². The minimum atomic E-state index is 0.0535. The molecule has 2 atom stereocenters. The summed E-state index contributed by atoms with van der Waals surface area (Å²) in [6.07, 6.45) is 3.53. The zero-order chi connectivity index (χ0) is 10.7. The maximum absolute atomic E-state index is 5.52. The molecule has 0 aromatic carbocycles. The smallest absolute Gasteiger partial charge is 0.158 e. The standard InChI is InChI=1S/C12H23NO2/c1-10-8-11(10)9-13(2)5-4-12-14-6-3-7-15-12/h10-12H,3-9H2,1-2H3. The molecule has 15 heavy (non-hydrogen) atoms. The molecule has 2 rings (SSSR count). The normalized spacial score (nSPS) is 32.2. The van der Waals surface area contributed by atoms with Crippen LogP contribution >= 0.6 is 0 Å². The van der Waals surface area contributed by atoms with Crippen LogP contribution in [0.3, 0.4) is 0 Å². The molecule has 0 bridgehead atoms. The van der Waals surface area contributed by atoms with E-state index in [-0.39, 0.29) is 6.29 Å². The van der Waals surface area contributed by atoms with Crippen molar-refractivity contribution in [2.45, 2.75) is 32.5 Å². The van der Waals surface area contributed by atoms with Gasteiger partial charge in [0.25, 0.3) is 0 Å². The second-order valence-electron chi connectivity index (χ2n) is 5.05. The molecule has 1 heterocycles. The molecule has 0 aromatic heterocycles. The molecule has 0 aromatic rings. The Morgan fingerprint density at radius 3 is 2.53 bits per heavy atom. The van der Waals surface area contributed by atoms with Crippen molar-refractivity contribution in [2.75, 3.05) is 33.4 Å². The first-order valence-corrected chi connectivity index (χ1v) is 6.17. The summed E-state index contributed by atoms with van der Waals surface area (Å²) in [4.78, 5) is 2.41. The van der Waals surface area contributed by atoms with Gasteiger partial charge in [0, 0.05) is 19.5 Å². The van der Waals surface area contributed by atoms with Crippen molar-refractivity contribution >= 4 is 0 Å². The van der Waals surface area contributed by atoms with E-state index in [0.29, 0.717) is 0 Å². The van der Waals surface area contributed by atoms with Crippen molar-refractivity contribution in [2.24, 2.45) is 11.8 Å². The molecule has 3 heteroatoms. The maximum Gasteiger partial charge on any atom is 0.158 e. The Kier molecular flexibility index (Phi) is 4.00. The van der Waals surface area contributed by atoms with E-state index < -0.39 is 0 Å². The summed E-state index contributed by atoms with van der Waals surface area (Å²) in [7, 11) is 2.20. The first kappa shape index (κ1) is 11.4. The number of ether oxygens (including phenoxy) is 2. The maximum atomic E-state index is 5.52. The Morgan fingerprint density at radius 1 is 1.27 bits per heavy atom. The van der Waals surface area contributed by atoms with Gasteiger partial charge in [-0.05, 0) is 31.7 Å². The van der Waals surface area contributed by atoms with E-state index in [0.717, 1.165) is 44.4 Å². The van der Waals surface area contributed by atoms with Gasteiger partial charge in [-0.2, -0.15) is 0 Å². The van der Waals surface area contributed by atoms with E-state index in [9.17, 15) is 0 Å². The van der Waals surface area contributed by atoms with E-state index >= 15 is 0 Å². The van der Waals surface area contributed by atoms with Crippen molar-refractivity contribution < 1.29 is 9.47 Å². The van der Waals surface area contributed by atoms with Crippen molar-refractivity contribution in [3.63, 3.8) is 0 Å². The first-order valence-electron chi connectivity index (χ1n) is 6.17. The number of hydrogen-bond acceptors (Lipinski definition) is 3. The Hall–Kier alpha value is -0.120. The molecule has 88 valence electrons. The van der Waals surface area contributed by atoms with Crippen molar-refractivity contribution in [3.05, 3.63) is 0 Å². The van der Waals surface area contributed by atoms with Crippen molar-refractivity contribution in [1.82, 2.24) is 4.90 Å². The molecule has 1 aliphatic carbocycles. The molecule has 1 aliphatic heterocycles. The Morgan fingerprint density at radius 2 is 1.93 bits per heavy atom. The molecule has 2 unspecified atom stereocenters. The van der Waals surface area contributed by atoms with Gasteiger partial charge in [0.2, 0.25) is 0 Å². The highest BCUT2D eigenvalue weighted by Crippen LogP contribution is 2.37. The fourth-order valence-electron chi connectivity index (χ4n) is 2.17. The molecule has 0 spiro atoms. The molecule has 2 aliphatic rings. The fraction of sp³-hybridized carbons (Fsp3) is 1.00. The molecular formula is C12H23NO2. The summed E-state index contributed by atoms with van der Waals surface area (Å²) >= 11 is 0. The molecular weight excluding hydrogens is 190 g/mol. The van der Waals surface area contributed by atoms with Gasteiger partial charge in [-0.1, -0.05) is 6.92 Å². The predicted molar refractivity (Wildman–Crippen MR) is 59.7 cm³/mol. The van der Waals surface area contributed by atoms with Gasteiger partial charge in [0.15, 0.2) is 6.29 Å². The summed E-state index contributed by atoms with van der Waals surface area (Å²) in [6, 6.07) is 0. The lowest BCUT2D eigenvalue weighted by Gasteiger charge is -2.25. The third kappa shape index (κ3) is 3.74. The van der Waals surface area contributed by atoms with E-state index in [1.54, 1.807) is 0 Å². The van der Waals surface area contributed by atoms with Crippen LogP contribution in [0.1, 0.15) is 26.2 Å². The highest BCUT2D eigenvalue weighted by Gasteiger charge is 2.33. The average Bonchev–Trinajstić information content (AvgIpc) is 2.93. The number of nitrogens with zero attached hydrogens (tertiary/aromatic N) is 1. The van der Waals surface area contributed by atoms with Crippen LogP contribution in [0.2, 0.25) is 0 Å². The van der Waals surface area contributed by atoms with Gasteiger partial charge in [-0.25, -0.2) is 0 Å². The fourth-order valence-corrected chi connectivity index (χ4v) is 2.17. The average molecular weight is 213 g/mol. The number of hydrogen-bond donors (Lipinski definition) is 0. The lowest BCUT2D eigenvalue weighted by Crippen LogP contribution is -2.31. The van der Waals surface area contributed by atoms with Gasteiger partial charge in [-0.3, -0.25) is 0 Å². The third-order valence-electron chi connectivity index (χ3n) is 3.47. The Bertz CT molecular complexity index is 192. The molecule has 0 amide bonds. The molecule has 0 N–H and O–H groups in total. The van der Waals surface area contributed by atoms with Crippen LogP contribution in [-0.2, 0) is 9.47 Å². The van der Waals surface area contributed by atoms with Crippen LogP contribution < -0.4 is 0 Å². The first-order chi connectivity index (χ1) is 7.25. The Balaban J connectivity index is 1.55. The summed E-state index contributed by atoms with van der Waals surface area (Å²) < 4.78 is 11.0. The summed E-state index contributed by atoms with van der Waals surface area (Å²) in [5.41, 5.74) is 0. The minimum Gasteiger partial charge on any atom is -0.353 e. The highest BCUT2D eigenvalue weighted by molar-refractivity contribution is 4.84. The second-order valence-corrected chi connectivity index (χ2v) is 5.05.